The van der Waals surface area contributed by atoms with Crippen LogP contribution in [0.5, 0.6) is 0 Å². The maximum atomic E-state index is 6.53. The van der Waals surface area contributed by atoms with E-state index in [4.69, 9.17) is 4.74 Å². The Morgan fingerprint density at radius 2 is 1.86 bits per heavy atom. The van der Waals surface area contributed by atoms with Gasteiger partial charge in [-0.2, -0.15) is 0 Å². The summed E-state index contributed by atoms with van der Waals surface area (Å²) in [6.45, 7) is 8.90. The third-order valence-electron chi connectivity index (χ3n) is 5.38. The zero-order valence-corrected chi connectivity index (χ0v) is 15.0. The Hall–Kier alpha value is -0.0800. The fourth-order valence-electron chi connectivity index (χ4n) is 3.79. The highest BCUT2D eigenvalue weighted by Crippen LogP contribution is 2.37. The third-order valence-corrected chi connectivity index (χ3v) is 5.38. The summed E-state index contributed by atoms with van der Waals surface area (Å²) < 4.78 is 6.53. The highest BCUT2D eigenvalue weighted by Gasteiger charge is 2.35. The van der Waals surface area contributed by atoms with Gasteiger partial charge in [0.2, 0.25) is 0 Å². The van der Waals surface area contributed by atoms with Gasteiger partial charge >= 0.3 is 0 Å². The van der Waals surface area contributed by atoms with Gasteiger partial charge in [-0.3, -0.25) is 0 Å². The quantitative estimate of drug-likeness (QED) is 0.568. The van der Waals surface area contributed by atoms with Crippen LogP contribution in [0.4, 0.5) is 0 Å². The zero-order chi connectivity index (χ0) is 15.6. The molecule has 1 aliphatic carbocycles. The smallest absolute Gasteiger partial charge is 0.0806 e. The third kappa shape index (κ3) is 6.69. The first-order valence-electron chi connectivity index (χ1n) is 9.48. The first-order chi connectivity index (χ1) is 10.2. The van der Waals surface area contributed by atoms with E-state index in [0.29, 0.717) is 0 Å². The molecule has 0 bridgehead atoms. The molecule has 0 radical (unpaired) electrons. The van der Waals surface area contributed by atoms with E-state index in [1.165, 1.54) is 64.2 Å². The fourth-order valence-corrected chi connectivity index (χ4v) is 3.79. The van der Waals surface area contributed by atoms with Gasteiger partial charge in [0, 0.05) is 6.54 Å². The van der Waals surface area contributed by atoms with Crippen molar-refractivity contribution in [2.24, 2.45) is 11.8 Å². The molecule has 21 heavy (non-hydrogen) atoms. The van der Waals surface area contributed by atoms with Crippen molar-refractivity contribution < 1.29 is 4.74 Å². The molecule has 0 aliphatic heterocycles. The molecular formula is C19H39NO. The van der Waals surface area contributed by atoms with Crippen LogP contribution in [-0.4, -0.2) is 25.8 Å². The lowest BCUT2D eigenvalue weighted by atomic mass is 9.77. The molecule has 1 atom stereocenters. The van der Waals surface area contributed by atoms with Gasteiger partial charge in [0.25, 0.3) is 0 Å². The van der Waals surface area contributed by atoms with Crippen molar-refractivity contribution >= 4 is 0 Å². The number of ether oxygens (including phenoxy) is 1. The molecule has 0 aromatic heterocycles. The Balaban J connectivity index is 2.45. The summed E-state index contributed by atoms with van der Waals surface area (Å²) in [5.41, 5.74) is 0.124. The van der Waals surface area contributed by atoms with E-state index in [1.54, 1.807) is 0 Å². The fraction of sp³-hybridized carbons (Fsp3) is 1.00. The second kappa shape index (κ2) is 10.6. The van der Waals surface area contributed by atoms with Crippen molar-refractivity contribution in [3.63, 3.8) is 0 Å². The average Bonchev–Trinajstić information content (AvgIpc) is 2.50. The number of hydrogen-bond acceptors (Lipinski definition) is 2. The van der Waals surface area contributed by atoms with Crippen LogP contribution in [0, 0.1) is 11.8 Å². The van der Waals surface area contributed by atoms with E-state index in [9.17, 15) is 0 Å². The molecule has 2 nitrogen and oxygen atoms in total. The molecule has 0 saturated heterocycles. The van der Waals surface area contributed by atoms with E-state index >= 15 is 0 Å². The van der Waals surface area contributed by atoms with Gasteiger partial charge in [-0.25, -0.2) is 0 Å². The zero-order valence-electron chi connectivity index (χ0n) is 15.0. The lowest BCUT2D eigenvalue weighted by molar-refractivity contribution is -0.0895. The van der Waals surface area contributed by atoms with Crippen LogP contribution in [0.2, 0.25) is 0 Å². The Morgan fingerprint density at radius 1 is 1.14 bits per heavy atom. The molecule has 0 heterocycles. The number of rotatable bonds is 11. The van der Waals surface area contributed by atoms with Crippen molar-refractivity contribution in [2.75, 3.05) is 20.2 Å². The summed E-state index contributed by atoms with van der Waals surface area (Å²) >= 11 is 0. The molecule has 1 aliphatic rings. The Morgan fingerprint density at radius 3 is 2.38 bits per heavy atom. The Labute approximate surface area is 133 Å². The molecule has 0 aromatic carbocycles. The van der Waals surface area contributed by atoms with Crippen LogP contribution in [-0.2, 0) is 4.74 Å². The minimum absolute atomic E-state index is 0.124. The van der Waals surface area contributed by atoms with Crippen LogP contribution < -0.4 is 5.32 Å². The van der Waals surface area contributed by atoms with Crippen molar-refractivity contribution in [1.29, 1.82) is 0 Å². The standard InChI is InChI=1S/C19H39NO/c1-5-8-10-17(7-3)15-21-19(16-20-4)13-11-18(9-6-2)12-14-19/h17-18,20H,5-16H2,1-4H3. The minimum atomic E-state index is 0.124. The highest BCUT2D eigenvalue weighted by atomic mass is 16.5. The lowest BCUT2D eigenvalue weighted by Gasteiger charge is -2.41. The number of hydrogen-bond donors (Lipinski definition) is 1. The molecule has 1 rings (SSSR count). The van der Waals surface area contributed by atoms with Gasteiger partial charge in [-0.05, 0) is 51.0 Å². The molecule has 0 spiro atoms. The van der Waals surface area contributed by atoms with Gasteiger partial charge in [0.05, 0.1) is 12.2 Å². The van der Waals surface area contributed by atoms with E-state index in [0.717, 1.165) is 25.0 Å². The van der Waals surface area contributed by atoms with Crippen LogP contribution >= 0.6 is 0 Å². The van der Waals surface area contributed by atoms with Gasteiger partial charge < -0.3 is 10.1 Å². The highest BCUT2D eigenvalue weighted by molar-refractivity contribution is 4.89. The average molecular weight is 298 g/mol. The summed E-state index contributed by atoms with van der Waals surface area (Å²) in [5, 5.41) is 3.39. The largest absolute Gasteiger partial charge is 0.373 e. The maximum absolute atomic E-state index is 6.53. The molecule has 126 valence electrons. The van der Waals surface area contributed by atoms with E-state index < -0.39 is 0 Å². The molecule has 1 fully saturated rings. The Kier molecular flexibility index (Phi) is 9.59. The maximum Gasteiger partial charge on any atom is 0.0806 e. The molecule has 1 saturated carbocycles. The van der Waals surface area contributed by atoms with Crippen LogP contribution in [0.3, 0.4) is 0 Å². The summed E-state index contributed by atoms with van der Waals surface area (Å²) in [6.07, 6.45) is 13.2. The second-order valence-corrected chi connectivity index (χ2v) is 7.17. The lowest BCUT2D eigenvalue weighted by Crippen LogP contribution is -2.46. The topological polar surface area (TPSA) is 21.3 Å². The first-order valence-corrected chi connectivity index (χ1v) is 9.48. The molecule has 2 heteroatoms. The molecular weight excluding hydrogens is 258 g/mol. The first kappa shape index (κ1) is 19.0. The van der Waals surface area contributed by atoms with E-state index in [2.05, 4.69) is 33.1 Å². The second-order valence-electron chi connectivity index (χ2n) is 7.17. The monoisotopic (exact) mass is 297 g/mol. The van der Waals surface area contributed by atoms with Crippen LogP contribution in [0.25, 0.3) is 0 Å². The van der Waals surface area contributed by atoms with Crippen molar-refractivity contribution in [1.82, 2.24) is 5.32 Å². The molecule has 1 N–H and O–H groups in total. The normalized spacial score (nSPS) is 27.7. The number of likely N-dealkylation sites (N-methyl/N-ethyl adjacent to an activating group) is 1. The van der Waals surface area contributed by atoms with E-state index in [-0.39, 0.29) is 5.60 Å². The predicted octanol–water partition coefficient (Wildman–Crippen LogP) is 5.17. The van der Waals surface area contributed by atoms with Crippen LogP contribution in [0.1, 0.15) is 85.0 Å². The summed E-state index contributed by atoms with van der Waals surface area (Å²) in [6, 6.07) is 0. The van der Waals surface area contributed by atoms with Gasteiger partial charge in [-0.1, -0.05) is 52.9 Å². The minimum Gasteiger partial charge on any atom is -0.373 e. The van der Waals surface area contributed by atoms with Gasteiger partial charge in [0.15, 0.2) is 0 Å². The Bertz CT molecular complexity index is 246. The van der Waals surface area contributed by atoms with Crippen molar-refractivity contribution in [3.05, 3.63) is 0 Å². The molecule has 0 aromatic rings. The summed E-state index contributed by atoms with van der Waals surface area (Å²) in [7, 11) is 2.07. The summed E-state index contributed by atoms with van der Waals surface area (Å²) in [4.78, 5) is 0. The predicted molar refractivity (Wildman–Crippen MR) is 92.8 cm³/mol. The number of nitrogens with one attached hydrogen (secondary N) is 1. The van der Waals surface area contributed by atoms with Gasteiger partial charge in [0.1, 0.15) is 0 Å². The van der Waals surface area contributed by atoms with Crippen molar-refractivity contribution in [3.8, 4) is 0 Å². The van der Waals surface area contributed by atoms with Crippen LogP contribution in [0.15, 0.2) is 0 Å². The molecule has 1 unspecified atom stereocenters. The van der Waals surface area contributed by atoms with E-state index in [1.807, 2.05) is 0 Å². The van der Waals surface area contributed by atoms with Crippen molar-refractivity contribution in [2.45, 2.75) is 90.6 Å². The SMILES string of the molecule is CCCCC(CC)COC1(CNC)CCC(CCC)CC1. The summed E-state index contributed by atoms with van der Waals surface area (Å²) in [5.74, 6) is 1.71. The molecule has 0 amide bonds. The van der Waals surface area contributed by atoms with Gasteiger partial charge in [-0.15, -0.1) is 0 Å². The number of unbranched alkanes of at least 4 members (excludes halogenated alkanes) is 1.